The van der Waals surface area contributed by atoms with Crippen molar-refractivity contribution in [3.05, 3.63) is 127 Å². The van der Waals surface area contributed by atoms with Crippen molar-refractivity contribution < 1.29 is 19.0 Å². The van der Waals surface area contributed by atoms with Gasteiger partial charge in [0.1, 0.15) is 17.2 Å². The minimum absolute atomic E-state index is 0.267. The number of methoxy groups -OCH3 is 2. The molecule has 6 rings (SSSR count). The van der Waals surface area contributed by atoms with Crippen molar-refractivity contribution in [2.45, 2.75) is 40.2 Å². The van der Waals surface area contributed by atoms with Crippen LogP contribution >= 0.6 is 11.3 Å². The number of nitrogens with zero attached hydrogens (tertiary/aromatic N) is 4. The molecule has 0 saturated carbocycles. The predicted octanol–water partition coefficient (Wildman–Crippen LogP) is 6.00. The van der Waals surface area contributed by atoms with E-state index in [9.17, 15) is 9.59 Å². The van der Waals surface area contributed by atoms with Gasteiger partial charge >= 0.3 is 5.97 Å². The minimum atomic E-state index is -0.723. The summed E-state index contributed by atoms with van der Waals surface area (Å²) in [5.41, 5.74) is 5.56. The van der Waals surface area contributed by atoms with Crippen molar-refractivity contribution in [1.82, 2.24) is 14.3 Å². The summed E-state index contributed by atoms with van der Waals surface area (Å²) in [6.45, 7) is 8.81. The molecule has 0 saturated heterocycles. The van der Waals surface area contributed by atoms with Crippen molar-refractivity contribution >= 4 is 23.4 Å². The highest BCUT2D eigenvalue weighted by atomic mass is 32.1. The van der Waals surface area contributed by atoms with Crippen LogP contribution < -0.4 is 24.4 Å². The molecule has 0 bridgehead atoms. The number of thiazole rings is 1. The van der Waals surface area contributed by atoms with Gasteiger partial charge in [0.2, 0.25) is 0 Å². The zero-order valence-electron chi connectivity index (χ0n) is 27.9. The van der Waals surface area contributed by atoms with Gasteiger partial charge in [0.15, 0.2) is 4.80 Å². The van der Waals surface area contributed by atoms with Gasteiger partial charge < -0.3 is 14.2 Å². The molecule has 48 heavy (non-hydrogen) atoms. The molecule has 0 radical (unpaired) electrons. The van der Waals surface area contributed by atoms with E-state index in [0.717, 1.165) is 45.8 Å². The number of esters is 1. The molecule has 2 aromatic heterocycles. The van der Waals surface area contributed by atoms with Gasteiger partial charge in [0.05, 0.1) is 48.4 Å². The molecule has 0 aliphatic carbocycles. The quantitative estimate of drug-likeness (QED) is 0.170. The number of rotatable bonds is 10. The van der Waals surface area contributed by atoms with Gasteiger partial charge in [-0.15, -0.1) is 0 Å². The van der Waals surface area contributed by atoms with Crippen molar-refractivity contribution in [1.29, 1.82) is 0 Å². The molecule has 3 heterocycles. The van der Waals surface area contributed by atoms with Crippen LogP contribution in [0.3, 0.4) is 0 Å². The zero-order valence-corrected chi connectivity index (χ0v) is 28.7. The molecule has 0 N–H and O–H groups in total. The average Bonchev–Trinajstić information content (AvgIpc) is 3.65. The fraction of sp³-hybridized carbons (Fsp3) is 0.263. The number of aromatic nitrogens is 3. The Kier molecular flexibility index (Phi) is 9.45. The fourth-order valence-electron chi connectivity index (χ4n) is 5.73. The first-order valence-electron chi connectivity index (χ1n) is 15.8. The Balaban J connectivity index is 1.49. The Morgan fingerprint density at radius 2 is 1.77 bits per heavy atom. The molecule has 1 unspecified atom stereocenters. The van der Waals surface area contributed by atoms with E-state index in [0.29, 0.717) is 38.9 Å². The van der Waals surface area contributed by atoms with Gasteiger partial charge in [-0.25, -0.2) is 14.5 Å². The summed E-state index contributed by atoms with van der Waals surface area (Å²) in [5, 5.41) is 4.99. The van der Waals surface area contributed by atoms with E-state index < -0.39 is 12.0 Å². The van der Waals surface area contributed by atoms with Gasteiger partial charge in [-0.05, 0) is 85.9 Å². The molecule has 5 aromatic rings. The summed E-state index contributed by atoms with van der Waals surface area (Å²) in [6, 6.07) is 22.5. The van der Waals surface area contributed by atoms with E-state index in [1.807, 2.05) is 90.6 Å². The summed E-state index contributed by atoms with van der Waals surface area (Å²) < 4.78 is 20.4. The molecule has 0 amide bonds. The second-order valence-corrected chi connectivity index (χ2v) is 13.1. The molecule has 1 aliphatic rings. The lowest BCUT2D eigenvalue weighted by molar-refractivity contribution is -0.136. The van der Waals surface area contributed by atoms with Crippen LogP contribution in [0.4, 0.5) is 0 Å². The van der Waals surface area contributed by atoms with Gasteiger partial charge in [0, 0.05) is 17.3 Å². The lowest BCUT2D eigenvalue weighted by Gasteiger charge is -2.24. The summed E-state index contributed by atoms with van der Waals surface area (Å²) in [5.74, 6) is 1.53. The highest BCUT2D eigenvalue weighted by Crippen LogP contribution is 2.32. The first kappa shape index (κ1) is 32.7. The van der Waals surface area contributed by atoms with Crippen LogP contribution in [0.25, 0.3) is 23.0 Å². The Hall–Kier alpha value is -5.22. The lowest BCUT2D eigenvalue weighted by Crippen LogP contribution is -2.39. The maximum absolute atomic E-state index is 14.3. The second-order valence-electron chi connectivity index (χ2n) is 12.1. The summed E-state index contributed by atoms with van der Waals surface area (Å²) in [7, 11) is 2.92. The Labute approximate surface area is 283 Å². The maximum atomic E-state index is 14.3. The smallest absolute Gasteiger partial charge is 0.338 e. The van der Waals surface area contributed by atoms with Crippen LogP contribution in [0, 0.1) is 12.8 Å². The molecule has 0 fully saturated rings. The van der Waals surface area contributed by atoms with Crippen molar-refractivity contribution in [3.63, 3.8) is 0 Å². The van der Waals surface area contributed by atoms with E-state index in [1.165, 1.54) is 18.4 Å². The molecule has 0 spiro atoms. The number of carbonyl (C=O) groups excluding carboxylic acids is 1. The zero-order chi connectivity index (χ0) is 33.9. The fourth-order valence-corrected chi connectivity index (χ4v) is 6.77. The van der Waals surface area contributed by atoms with E-state index in [2.05, 4.69) is 19.9 Å². The number of hydrogen-bond acceptors (Lipinski definition) is 8. The summed E-state index contributed by atoms with van der Waals surface area (Å²) in [6.07, 6.45) is 4.76. The number of para-hydroxylation sites is 1. The number of allylic oxidation sites excluding steroid dienone is 1. The highest BCUT2D eigenvalue weighted by molar-refractivity contribution is 7.07. The van der Waals surface area contributed by atoms with E-state index in [4.69, 9.17) is 24.3 Å². The highest BCUT2D eigenvalue weighted by Gasteiger charge is 2.33. The largest absolute Gasteiger partial charge is 0.497 e. The molecular weight excluding hydrogens is 625 g/mol. The predicted molar refractivity (Wildman–Crippen MR) is 187 cm³/mol. The van der Waals surface area contributed by atoms with Crippen molar-refractivity contribution in [2.75, 3.05) is 20.8 Å². The van der Waals surface area contributed by atoms with Gasteiger partial charge in [-0.2, -0.15) is 5.10 Å². The number of benzene rings is 3. The van der Waals surface area contributed by atoms with Crippen LogP contribution in [0.2, 0.25) is 0 Å². The van der Waals surface area contributed by atoms with Crippen LogP contribution in [-0.2, 0) is 9.53 Å². The van der Waals surface area contributed by atoms with Crippen LogP contribution in [0.15, 0.2) is 100 Å². The van der Waals surface area contributed by atoms with Gasteiger partial charge in [-0.1, -0.05) is 55.5 Å². The molecule has 1 atom stereocenters. The van der Waals surface area contributed by atoms with Crippen LogP contribution in [-0.4, -0.2) is 41.1 Å². The number of fused-ring (bicyclic) bond motifs is 1. The summed E-state index contributed by atoms with van der Waals surface area (Å²) >= 11 is 1.27. The first-order chi connectivity index (χ1) is 23.2. The monoisotopic (exact) mass is 662 g/mol. The second kappa shape index (κ2) is 13.9. The Morgan fingerprint density at radius 1 is 1.02 bits per heavy atom. The van der Waals surface area contributed by atoms with Crippen LogP contribution in [0.1, 0.15) is 49.9 Å². The molecule has 9 nitrogen and oxygen atoms in total. The number of carbonyl (C=O) groups is 1. The third-order valence-corrected chi connectivity index (χ3v) is 9.29. The number of aryl methyl sites for hydroxylation is 1. The summed E-state index contributed by atoms with van der Waals surface area (Å²) in [4.78, 5) is 32.6. The molecule has 1 aliphatic heterocycles. The van der Waals surface area contributed by atoms with Crippen LogP contribution in [0.5, 0.6) is 11.5 Å². The van der Waals surface area contributed by atoms with Gasteiger partial charge in [-0.3, -0.25) is 9.36 Å². The average molecular weight is 663 g/mol. The molecule has 246 valence electrons. The maximum Gasteiger partial charge on any atom is 0.338 e. The van der Waals surface area contributed by atoms with E-state index in [-0.39, 0.29) is 5.56 Å². The Morgan fingerprint density at radius 3 is 2.44 bits per heavy atom. The van der Waals surface area contributed by atoms with E-state index in [1.54, 1.807) is 18.6 Å². The van der Waals surface area contributed by atoms with Crippen molar-refractivity contribution in [3.8, 4) is 28.4 Å². The first-order valence-corrected chi connectivity index (χ1v) is 16.6. The lowest BCUT2D eigenvalue weighted by atomic mass is 9.96. The topological polar surface area (TPSA) is 96.9 Å². The molecule has 3 aromatic carbocycles. The third-order valence-electron chi connectivity index (χ3n) is 8.31. The SMILES string of the molecule is COC(=O)C1=C(C)N=c2s/c(=C\c3cn(-c4ccccc4)nc3-c3ccc(OCCC(C)C)c(C)c3)c(=O)n2C1c1ccc(OC)cc1. The number of ether oxygens (including phenoxy) is 3. The van der Waals surface area contributed by atoms with E-state index >= 15 is 0 Å². The normalized spacial score (nSPS) is 14.6. The minimum Gasteiger partial charge on any atom is -0.497 e. The molecule has 10 heteroatoms. The third kappa shape index (κ3) is 6.48. The van der Waals surface area contributed by atoms with Gasteiger partial charge in [0.25, 0.3) is 5.56 Å². The molecular formula is C38H38N4O5S. The number of hydrogen-bond donors (Lipinski definition) is 0. The van der Waals surface area contributed by atoms with Crippen molar-refractivity contribution in [2.24, 2.45) is 10.9 Å². The Bertz CT molecular complexity index is 2180. The standard InChI is InChI=1S/C38H38N4O5S/c1-23(2)18-19-47-31-17-14-27(20-24(31)3)34-28(22-41(40-34)29-10-8-7-9-11-29)21-32-36(43)42-35(26-12-15-30(45-5)16-13-26)33(37(44)46-6)25(4)39-38(42)48-32/h7-17,20-23,35H,18-19H2,1-6H3/b32-21-.